The van der Waals surface area contributed by atoms with Gasteiger partial charge in [0.15, 0.2) is 6.61 Å². The summed E-state index contributed by atoms with van der Waals surface area (Å²) in [6.45, 7) is 1.89. The Kier molecular flexibility index (Phi) is 6.53. The number of halogens is 2. The Hall–Kier alpha value is -1.01. The van der Waals surface area contributed by atoms with Gasteiger partial charge in [-0.05, 0) is 62.0 Å². The van der Waals surface area contributed by atoms with E-state index < -0.39 is 6.10 Å². The van der Waals surface area contributed by atoms with E-state index in [1.165, 1.54) is 0 Å². The van der Waals surface area contributed by atoms with Crippen molar-refractivity contribution in [2.24, 2.45) is 11.8 Å². The Balaban J connectivity index is 0.00000192. The molecule has 3 N–H and O–H groups in total. The summed E-state index contributed by atoms with van der Waals surface area (Å²) in [5.41, 5.74) is 0. The summed E-state index contributed by atoms with van der Waals surface area (Å²) >= 11 is 5.80. The highest BCUT2D eigenvalue weighted by Crippen LogP contribution is 2.32. The fourth-order valence-electron chi connectivity index (χ4n) is 3.38. The van der Waals surface area contributed by atoms with Crippen LogP contribution in [0.2, 0.25) is 5.02 Å². The van der Waals surface area contributed by atoms with Crippen LogP contribution in [0, 0.1) is 11.8 Å². The van der Waals surface area contributed by atoms with E-state index in [1.54, 1.807) is 24.3 Å². The van der Waals surface area contributed by atoms with Gasteiger partial charge in [0, 0.05) is 5.02 Å². The van der Waals surface area contributed by atoms with Gasteiger partial charge in [-0.2, -0.15) is 0 Å². The fourth-order valence-corrected chi connectivity index (χ4v) is 3.51. The minimum atomic E-state index is -0.472. The van der Waals surface area contributed by atoms with Crippen LogP contribution in [0.4, 0.5) is 0 Å². The lowest BCUT2D eigenvalue weighted by atomic mass is 9.77. The van der Waals surface area contributed by atoms with Gasteiger partial charge in [-0.15, -0.1) is 12.4 Å². The number of hydrogen-bond acceptors (Lipinski definition) is 4. The zero-order valence-corrected chi connectivity index (χ0v) is 14.3. The molecule has 1 saturated carbocycles. The van der Waals surface area contributed by atoms with Crippen LogP contribution in [-0.2, 0) is 4.79 Å². The van der Waals surface area contributed by atoms with Crippen molar-refractivity contribution in [3.63, 3.8) is 0 Å². The summed E-state index contributed by atoms with van der Waals surface area (Å²) in [7, 11) is 0. The zero-order valence-electron chi connectivity index (χ0n) is 12.7. The molecule has 0 unspecified atom stereocenters. The highest BCUT2D eigenvalue weighted by molar-refractivity contribution is 6.30. The zero-order chi connectivity index (χ0) is 15.5. The average molecular weight is 361 g/mol. The van der Waals surface area contributed by atoms with Crippen molar-refractivity contribution in [3.8, 4) is 5.75 Å². The van der Waals surface area contributed by atoms with Gasteiger partial charge in [0.25, 0.3) is 5.91 Å². The second-order valence-corrected chi connectivity index (χ2v) is 6.57. The minimum absolute atomic E-state index is 0. The number of carbonyl (C=O) groups excluding carboxylic acids is 1. The molecule has 0 aromatic heterocycles. The molecule has 4 atom stereocenters. The van der Waals surface area contributed by atoms with Crippen LogP contribution in [0.1, 0.15) is 12.8 Å². The fraction of sp³-hybridized carbons (Fsp3) is 0.562. The number of carbonyl (C=O) groups is 1. The molecule has 1 aromatic rings. The summed E-state index contributed by atoms with van der Waals surface area (Å²) in [5, 5.41) is 17.1. The molecule has 0 radical (unpaired) electrons. The summed E-state index contributed by atoms with van der Waals surface area (Å²) in [6.07, 6.45) is 1.10. The highest BCUT2D eigenvalue weighted by atomic mass is 35.5. The lowest BCUT2D eigenvalue weighted by Gasteiger charge is -2.35. The molecule has 1 aliphatic heterocycles. The van der Waals surface area contributed by atoms with Crippen molar-refractivity contribution >= 4 is 29.9 Å². The second kappa shape index (κ2) is 8.20. The molecule has 2 aliphatic rings. The van der Waals surface area contributed by atoms with Gasteiger partial charge in [-0.25, -0.2) is 0 Å². The molecule has 23 heavy (non-hydrogen) atoms. The highest BCUT2D eigenvalue weighted by Gasteiger charge is 2.39. The molecule has 1 heterocycles. The van der Waals surface area contributed by atoms with E-state index in [0.717, 1.165) is 25.9 Å². The SMILES string of the molecule is Cl.O=C(COc1ccc(Cl)cc1)N[C@H]1C[C@H]2CNC[C@H]2C[C@@H]1O. The number of nitrogens with one attached hydrogen (secondary N) is 2. The van der Waals surface area contributed by atoms with Crippen LogP contribution < -0.4 is 15.4 Å². The van der Waals surface area contributed by atoms with Gasteiger partial charge < -0.3 is 20.5 Å². The number of benzene rings is 1. The molecule has 7 heteroatoms. The molecule has 2 fully saturated rings. The Morgan fingerprint density at radius 2 is 1.91 bits per heavy atom. The molecule has 1 amide bonds. The molecule has 1 saturated heterocycles. The molecule has 5 nitrogen and oxygen atoms in total. The predicted molar refractivity (Wildman–Crippen MR) is 91.2 cm³/mol. The van der Waals surface area contributed by atoms with Gasteiger partial charge in [0.05, 0.1) is 12.1 Å². The van der Waals surface area contributed by atoms with E-state index in [1.807, 2.05) is 0 Å². The van der Waals surface area contributed by atoms with Crippen LogP contribution in [-0.4, -0.2) is 42.9 Å². The number of aliphatic hydroxyl groups excluding tert-OH is 1. The first-order chi connectivity index (χ1) is 10.6. The molecule has 1 aromatic carbocycles. The molecule has 0 bridgehead atoms. The van der Waals surface area contributed by atoms with Gasteiger partial charge in [0.2, 0.25) is 0 Å². The molecular formula is C16H22Cl2N2O3. The van der Waals surface area contributed by atoms with E-state index in [2.05, 4.69) is 10.6 Å². The van der Waals surface area contributed by atoms with Crippen molar-refractivity contribution in [2.45, 2.75) is 25.0 Å². The van der Waals surface area contributed by atoms with Gasteiger partial charge in [-0.3, -0.25) is 4.79 Å². The van der Waals surface area contributed by atoms with E-state index >= 15 is 0 Å². The van der Waals surface area contributed by atoms with Crippen molar-refractivity contribution in [1.82, 2.24) is 10.6 Å². The molecule has 0 spiro atoms. The minimum Gasteiger partial charge on any atom is -0.484 e. The molecule has 1 aliphatic carbocycles. The van der Waals surface area contributed by atoms with Gasteiger partial charge in [0.1, 0.15) is 5.75 Å². The maximum Gasteiger partial charge on any atom is 0.258 e. The maximum atomic E-state index is 12.0. The Labute approximate surface area is 147 Å². The standard InChI is InChI=1S/C16H21ClN2O3.ClH/c17-12-1-3-13(4-2-12)22-9-16(21)19-14-5-10-7-18-8-11(10)6-15(14)20;/h1-4,10-11,14-15,18,20H,5-9H2,(H,19,21);1H/t10-,11+,14-,15-;/m0./s1. The largest absolute Gasteiger partial charge is 0.484 e. The van der Waals surface area contributed by atoms with Crippen molar-refractivity contribution in [2.75, 3.05) is 19.7 Å². The van der Waals surface area contributed by atoms with Crippen LogP contribution in [0.15, 0.2) is 24.3 Å². The number of rotatable bonds is 4. The Bertz CT molecular complexity index is 527. The Morgan fingerprint density at radius 3 is 2.61 bits per heavy atom. The normalized spacial score (nSPS) is 29.3. The lowest BCUT2D eigenvalue weighted by molar-refractivity contribution is -0.125. The smallest absolute Gasteiger partial charge is 0.258 e. The van der Waals surface area contributed by atoms with Crippen molar-refractivity contribution in [1.29, 1.82) is 0 Å². The lowest BCUT2D eigenvalue weighted by Crippen LogP contribution is -2.50. The molecule has 3 rings (SSSR count). The topological polar surface area (TPSA) is 70.6 Å². The van der Waals surface area contributed by atoms with Gasteiger partial charge in [-0.1, -0.05) is 11.6 Å². The third-order valence-corrected chi connectivity index (χ3v) is 4.83. The third kappa shape index (κ3) is 4.73. The molecular weight excluding hydrogens is 339 g/mol. The van der Waals surface area contributed by atoms with Crippen LogP contribution in [0.5, 0.6) is 5.75 Å². The van der Waals surface area contributed by atoms with Crippen molar-refractivity contribution < 1.29 is 14.6 Å². The number of fused-ring (bicyclic) bond motifs is 1. The quantitative estimate of drug-likeness (QED) is 0.762. The van der Waals surface area contributed by atoms with E-state index in [0.29, 0.717) is 22.6 Å². The van der Waals surface area contributed by atoms with Crippen molar-refractivity contribution in [3.05, 3.63) is 29.3 Å². The third-order valence-electron chi connectivity index (χ3n) is 4.58. The monoisotopic (exact) mass is 360 g/mol. The summed E-state index contributed by atoms with van der Waals surface area (Å²) in [5.74, 6) is 1.48. The number of amides is 1. The maximum absolute atomic E-state index is 12.0. The average Bonchev–Trinajstić information content (AvgIpc) is 2.94. The first-order valence-corrected chi connectivity index (χ1v) is 8.06. The Morgan fingerprint density at radius 1 is 1.26 bits per heavy atom. The first kappa shape index (κ1) is 18.3. The van der Waals surface area contributed by atoms with Crippen LogP contribution in [0.25, 0.3) is 0 Å². The summed E-state index contributed by atoms with van der Waals surface area (Å²) in [4.78, 5) is 12.0. The predicted octanol–water partition coefficient (Wildman–Crippen LogP) is 1.62. The molecule has 128 valence electrons. The number of ether oxygens (including phenoxy) is 1. The van der Waals surface area contributed by atoms with E-state index in [9.17, 15) is 9.90 Å². The van der Waals surface area contributed by atoms with Crippen LogP contribution >= 0.6 is 24.0 Å². The van der Waals surface area contributed by atoms with Crippen LogP contribution in [0.3, 0.4) is 0 Å². The first-order valence-electron chi connectivity index (χ1n) is 7.68. The second-order valence-electron chi connectivity index (χ2n) is 6.13. The number of hydrogen-bond donors (Lipinski definition) is 3. The number of aliphatic hydroxyl groups is 1. The van der Waals surface area contributed by atoms with Gasteiger partial charge >= 0.3 is 0 Å². The summed E-state index contributed by atoms with van der Waals surface area (Å²) in [6, 6.07) is 6.70. The van der Waals surface area contributed by atoms with E-state index in [-0.39, 0.29) is 31.0 Å². The van der Waals surface area contributed by atoms with E-state index in [4.69, 9.17) is 16.3 Å². The summed E-state index contributed by atoms with van der Waals surface area (Å²) < 4.78 is 5.42.